The summed E-state index contributed by atoms with van der Waals surface area (Å²) in [6, 6.07) is 9.51. The van der Waals surface area contributed by atoms with Crippen molar-refractivity contribution in [2.45, 2.75) is 26.5 Å². The van der Waals surface area contributed by atoms with Gasteiger partial charge in [-0.15, -0.1) is 0 Å². The summed E-state index contributed by atoms with van der Waals surface area (Å²) >= 11 is 0. The van der Waals surface area contributed by atoms with Gasteiger partial charge in [-0.05, 0) is 49.8 Å². The number of imide groups is 2. The summed E-state index contributed by atoms with van der Waals surface area (Å²) in [6.45, 7) is 3.79. The number of urea groups is 1. The molecule has 4 amide bonds. The molecule has 7 heteroatoms. The van der Waals surface area contributed by atoms with Crippen LogP contribution in [-0.2, 0) is 16.1 Å². The molecule has 2 aromatic rings. The second-order valence-electron chi connectivity index (χ2n) is 6.02. The molecule has 1 aliphatic heterocycles. The lowest BCUT2D eigenvalue weighted by molar-refractivity contribution is -0.130. The van der Waals surface area contributed by atoms with Gasteiger partial charge in [0.1, 0.15) is 17.1 Å². The van der Waals surface area contributed by atoms with Crippen LogP contribution in [0, 0.1) is 0 Å². The van der Waals surface area contributed by atoms with E-state index >= 15 is 0 Å². The first-order chi connectivity index (χ1) is 12.4. The fourth-order valence-corrected chi connectivity index (χ4v) is 2.48. The number of barbiturate groups is 1. The van der Waals surface area contributed by atoms with Crippen LogP contribution in [0.1, 0.15) is 25.2 Å². The predicted molar refractivity (Wildman–Crippen MR) is 93.0 cm³/mol. The van der Waals surface area contributed by atoms with Crippen molar-refractivity contribution in [3.8, 4) is 5.75 Å². The molecule has 0 unspecified atom stereocenters. The van der Waals surface area contributed by atoms with Gasteiger partial charge in [-0.1, -0.05) is 12.1 Å². The molecule has 1 aromatic heterocycles. The lowest BCUT2D eigenvalue weighted by atomic mass is 10.1. The smallest absolute Gasteiger partial charge is 0.331 e. The molecule has 1 saturated heterocycles. The van der Waals surface area contributed by atoms with Crippen molar-refractivity contribution in [1.82, 2.24) is 10.2 Å². The second kappa shape index (κ2) is 7.26. The van der Waals surface area contributed by atoms with E-state index in [2.05, 4.69) is 5.32 Å². The Hall–Kier alpha value is -3.35. The molecule has 1 aromatic carbocycles. The van der Waals surface area contributed by atoms with Crippen LogP contribution in [0.3, 0.4) is 0 Å². The highest BCUT2D eigenvalue weighted by Crippen LogP contribution is 2.19. The van der Waals surface area contributed by atoms with Crippen LogP contribution < -0.4 is 10.1 Å². The molecule has 134 valence electrons. The molecule has 0 bridgehead atoms. The molecule has 0 radical (unpaired) electrons. The van der Waals surface area contributed by atoms with Crippen molar-refractivity contribution < 1.29 is 23.5 Å². The molecular formula is C19H18N2O5. The molecule has 3 rings (SSSR count). The van der Waals surface area contributed by atoms with E-state index in [1.165, 1.54) is 12.3 Å². The zero-order chi connectivity index (χ0) is 18.7. The average molecular weight is 354 g/mol. The molecule has 1 aliphatic rings. The summed E-state index contributed by atoms with van der Waals surface area (Å²) in [7, 11) is 0. The predicted octanol–water partition coefficient (Wildman–Crippen LogP) is 2.73. The number of benzene rings is 1. The van der Waals surface area contributed by atoms with Crippen LogP contribution >= 0.6 is 0 Å². The van der Waals surface area contributed by atoms with Gasteiger partial charge in [-0.25, -0.2) is 4.79 Å². The van der Waals surface area contributed by atoms with Crippen LogP contribution in [0.4, 0.5) is 4.79 Å². The van der Waals surface area contributed by atoms with E-state index in [0.29, 0.717) is 17.1 Å². The number of ether oxygens (including phenoxy) is 1. The Morgan fingerprint density at radius 3 is 2.50 bits per heavy atom. The number of carbonyl (C=O) groups excluding carboxylic acids is 3. The van der Waals surface area contributed by atoms with Crippen LogP contribution in [0.2, 0.25) is 0 Å². The Labute approximate surface area is 150 Å². The minimum atomic E-state index is -0.769. The molecule has 7 nitrogen and oxygen atoms in total. The molecule has 1 N–H and O–H groups in total. The monoisotopic (exact) mass is 354 g/mol. The maximum absolute atomic E-state index is 12.6. The van der Waals surface area contributed by atoms with Gasteiger partial charge in [-0.2, -0.15) is 0 Å². The molecule has 0 atom stereocenters. The first kappa shape index (κ1) is 17.5. The molecule has 0 aliphatic carbocycles. The number of hydrogen-bond acceptors (Lipinski definition) is 5. The zero-order valence-corrected chi connectivity index (χ0v) is 14.4. The maximum atomic E-state index is 12.6. The summed E-state index contributed by atoms with van der Waals surface area (Å²) in [5, 5.41) is 2.17. The first-order valence-electron chi connectivity index (χ1n) is 8.12. The van der Waals surface area contributed by atoms with Gasteiger partial charge >= 0.3 is 6.03 Å². The van der Waals surface area contributed by atoms with Crippen molar-refractivity contribution in [3.05, 3.63) is 59.6 Å². The Kier molecular flexibility index (Phi) is 4.88. The molecule has 0 saturated carbocycles. The summed E-state index contributed by atoms with van der Waals surface area (Å²) in [4.78, 5) is 37.6. The number of amides is 4. The number of carbonyl (C=O) groups is 3. The molecule has 26 heavy (non-hydrogen) atoms. The lowest BCUT2D eigenvalue weighted by Crippen LogP contribution is -2.53. The standard InChI is InChI=1S/C19H18N2O5/c1-12(2)26-14-7-5-13(6-8-14)10-16-17(22)20-19(24)21(18(16)23)11-15-4-3-9-25-15/h3-10,12H,11H2,1-2H3,(H,20,22,24)/b16-10+. The number of nitrogens with zero attached hydrogens (tertiary/aromatic N) is 1. The van der Waals surface area contributed by atoms with Crippen molar-refractivity contribution in [3.63, 3.8) is 0 Å². The van der Waals surface area contributed by atoms with Gasteiger partial charge in [0.05, 0.1) is 18.9 Å². The van der Waals surface area contributed by atoms with Gasteiger partial charge in [0.15, 0.2) is 0 Å². The summed E-state index contributed by atoms with van der Waals surface area (Å²) in [5.74, 6) is -0.260. The summed E-state index contributed by atoms with van der Waals surface area (Å²) < 4.78 is 10.7. The van der Waals surface area contributed by atoms with E-state index < -0.39 is 17.8 Å². The van der Waals surface area contributed by atoms with E-state index in [0.717, 1.165) is 4.90 Å². The van der Waals surface area contributed by atoms with Gasteiger partial charge in [-0.3, -0.25) is 19.8 Å². The fraction of sp³-hybridized carbons (Fsp3) is 0.211. The Morgan fingerprint density at radius 1 is 1.15 bits per heavy atom. The quantitative estimate of drug-likeness (QED) is 0.659. The third-order valence-corrected chi connectivity index (χ3v) is 3.64. The minimum absolute atomic E-state index is 0.0473. The fourth-order valence-electron chi connectivity index (χ4n) is 2.48. The Bertz CT molecular complexity index is 851. The number of furan rings is 1. The Morgan fingerprint density at radius 2 is 1.88 bits per heavy atom. The molecular weight excluding hydrogens is 336 g/mol. The van der Waals surface area contributed by atoms with E-state index in [4.69, 9.17) is 9.15 Å². The number of nitrogens with one attached hydrogen (secondary N) is 1. The number of rotatable bonds is 5. The van der Waals surface area contributed by atoms with E-state index in [1.807, 2.05) is 13.8 Å². The van der Waals surface area contributed by atoms with Crippen molar-refractivity contribution >= 4 is 23.9 Å². The van der Waals surface area contributed by atoms with Gasteiger partial charge < -0.3 is 9.15 Å². The van der Waals surface area contributed by atoms with Crippen molar-refractivity contribution in [1.29, 1.82) is 0 Å². The molecule has 1 fully saturated rings. The SMILES string of the molecule is CC(C)Oc1ccc(/C=C2\C(=O)NC(=O)N(Cc3ccco3)C2=O)cc1. The van der Waals surface area contributed by atoms with Crippen LogP contribution in [0.15, 0.2) is 52.7 Å². The zero-order valence-electron chi connectivity index (χ0n) is 14.4. The number of hydrogen-bond donors (Lipinski definition) is 1. The summed E-state index contributed by atoms with van der Waals surface area (Å²) in [6.07, 6.45) is 2.94. The van der Waals surface area contributed by atoms with Crippen LogP contribution in [0.5, 0.6) is 5.75 Å². The molecule has 0 spiro atoms. The van der Waals surface area contributed by atoms with Gasteiger partial charge in [0, 0.05) is 0 Å². The van der Waals surface area contributed by atoms with Crippen LogP contribution in [-0.4, -0.2) is 28.8 Å². The van der Waals surface area contributed by atoms with Crippen molar-refractivity contribution in [2.75, 3.05) is 0 Å². The highest BCUT2D eigenvalue weighted by atomic mass is 16.5. The third-order valence-electron chi connectivity index (χ3n) is 3.64. The van der Waals surface area contributed by atoms with E-state index in [9.17, 15) is 14.4 Å². The third kappa shape index (κ3) is 3.83. The highest BCUT2D eigenvalue weighted by Gasteiger charge is 2.36. The van der Waals surface area contributed by atoms with Crippen molar-refractivity contribution in [2.24, 2.45) is 0 Å². The largest absolute Gasteiger partial charge is 0.491 e. The second-order valence-corrected chi connectivity index (χ2v) is 6.02. The topological polar surface area (TPSA) is 88.8 Å². The maximum Gasteiger partial charge on any atom is 0.331 e. The highest BCUT2D eigenvalue weighted by molar-refractivity contribution is 6.30. The van der Waals surface area contributed by atoms with E-state index in [1.54, 1.807) is 36.4 Å². The van der Waals surface area contributed by atoms with Gasteiger partial charge in [0.2, 0.25) is 0 Å². The average Bonchev–Trinajstić information content (AvgIpc) is 3.09. The normalized spacial score (nSPS) is 16.3. The lowest BCUT2D eigenvalue weighted by Gasteiger charge is -2.25. The van der Waals surface area contributed by atoms with Crippen LogP contribution in [0.25, 0.3) is 6.08 Å². The van der Waals surface area contributed by atoms with E-state index in [-0.39, 0.29) is 18.2 Å². The first-order valence-corrected chi connectivity index (χ1v) is 8.12. The Balaban J connectivity index is 1.82. The summed E-state index contributed by atoms with van der Waals surface area (Å²) in [5.41, 5.74) is 0.528. The molecule has 2 heterocycles. The minimum Gasteiger partial charge on any atom is -0.491 e. The van der Waals surface area contributed by atoms with Gasteiger partial charge in [0.25, 0.3) is 11.8 Å².